The fourth-order valence-corrected chi connectivity index (χ4v) is 7.25. The van der Waals surface area contributed by atoms with Crippen LogP contribution in [0.25, 0.3) is 99.9 Å². The minimum Gasteiger partial charge on any atom is -0.208 e. The molecular formula is C51H33N3. The minimum atomic E-state index is -0.409. The molecule has 0 aliphatic heterocycles. The summed E-state index contributed by atoms with van der Waals surface area (Å²) in [6, 6.07) is 51.7. The molecule has 252 valence electrons. The second kappa shape index (κ2) is 13.4. The molecule has 0 unspecified atom stereocenters. The molecule has 10 rings (SSSR count). The highest BCUT2D eigenvalue weighted by Gasteiger charge is 2.17. The van der Waals surface area contributed by atoms with Gasteiger partial charge < -0.3 is 0 Å². The van der Waals surface area contributed by atoms with E-state index in [4.69, 9.17) is 20.4 Å². The lowest BCUT2D eigenvalue weighted by molar-refractivity contribution is 1.08. The van der Waals surface area contributed by atoms with Crippen molar-refractivity contribution in [1.82, 2.24) is 15.0 Å². The summed E-state index contributed by atoms with van der Waals surface area (Å²) in [5, 5.41) is 4.55. The van der Waals surface area contributed by atoms with Crippen molar-refractivity contribution in [2.24, 2.45) is 0 Å². The third-order valence-electron chi connectivity index (χ3n) is 9.86. The number of hydrogen-bond donors (Lipinski definition) is 0. The Morgan fingerprint density at radius 3 is 1.50 bits per heavy atom. The zero-order chi connectivity index (χ0) is 41.1. The first-order chi connectivity index (χ1) is 29.3. The van der Waals surface area contributed by atoms with Gasteiger partial charge in [0.2, 0.25) is 0 Å². The fraction of sp³-hybridized carbons (Fsp3) is 0. The molecule has 3 nitrogen and oxygen atoms in total. The average Bonchev–Trinajstić information content (AvgIpc) is 3.30. The molecule has 0 spiro atoms. The number of nitrogens with zero attached hydrogens (tertiary/aromatic N) is 3. The molecule has 0 saturated heterocycles. The number of benzene rings is 9. The summed E-state index contributed by atoms with van der Waals surface area (Å²) in [6.07, 6.45) is 0. The van der Waals surface area contributed by atoms with Crippen molar-refractivity contribution in [2.45, 2.75) is 0 Å². The monoisotopic (exact) mass is 693 g/mol. The Balaban J connectivity index is 1.21. The molecule has 9 aromatic carbocycles. The highest BCUT2D eigenvalue weighted by Crippen LogP contribution is 2.38. The molecule has 1 heterocycles. The molecule has 0 atom stereocenters. The van der Waals surface area contributed by atoms with Crippen molar-refractivity contribution in [3.63, 3.8) is 0 Å². The molecule has 0 fully saturated rings. The van der Waals surface area contributed by atoms with Gasteiger partial charge in [0, 0.05) is 16.7 Å². The van der Waals surface area contributed by atoms with Crippen molar-refractivity contribution >= 4 is 32.3 Å². The van der Waals surface area contributed by atoms with Crippen LogP contribution in [0.2, 0.25) is 0 Å². The zero-order valence-electron chi connectivity index (χ0n) is 34.9. The maximum atomic E-state index is 9.41. The highest BCUT2D eigenvalue weighted by molar-refractivity contribution is 6.06. The molecule has 0 N–H and O–H groups in total. The largest absolute Gasteiger partial charge is 0.208 e. The maximum absolute atomic E-state index is 9.41. The Morgan fingerprint density at radius 1 is 0.296 bits per heavy atom. The van der Waals surface area contributed by atoms with Gasteiger partial charge in [0.15, 0.2) is 17.5 Å². The van der Waals surface area contributed by atoms with E-state index in [1.54, 1.807) is 18.2 Å². The van der Waals surface area contributed by atoms with Gasteiger partial charge in [-0.2, -0.15) is 0 Å². The Bertz CT molecular complexity index is 3340. The molecule has 10 aromatic rings. The predicted molar refractivity (Wildman–Crippen MR) is 225 cm³/mol. The van der Waals surface area contributed by atoms with Crippen molar-refractivity contribution in [1.29, 1.82) is 0 Å². The highest BCUT2D eigenvalue weighted by atomic mass is 15.0. The first-order valence-electron chi connectivity index (χ1n) is 20.8. The molecule has 0 amide bonds. The van der Waals surface area contributed by atoms with E-state index in [1.165, 1.54) is 0 Å². The molecule has 0 aliphatic carbocycles. The van der Waals surface area contributed by atoms with E-state index < -0.39 is 12.1 Å². The molecule has 0 saturated carbocycles. The van der Waals surface area contributed by atoms with Gasteiger partial charge in [-0.05, 0) is 77.8 Å². The molecule has 0 bridgehead atoms. The van der Waals surface area contributed by atoms with Crippen LogP contribution in [0.1, 0.15) is 8.22 Å². The standard InChI is InChI=1S/C51H33N3/c1-3-15-35(16-4-1)41-24-12-26-47-46(41)25-13-27-48(47)51-53-49(52-50(54-51)40-29-28-34-14-7-8-19-37(34)32-40)39-21-11-20-38(33-39)43-31-30-42(36-17-5-2-6-18-36)44-22-9-10-23-45(43)44/h1-33H/i9D,10D,22D,23D,30D,31D. The lowest BCUT2D eigenvalue weighted by atomic mass is 9.91. The smallest absolute Gasteiger partial charge is 0.164 e. The summed E-state index contributed by atoms with van der Waals surface area (Å²) >= 11 is 0. The van der Waals surface area contributed by atoms with Crippen molar-refractivity contribution in [3.8, 4) is 67.5 Å². The Morgan fingerprint density at radius 2 is 0.796 bits per heavy atom. The predicted octanol–water partition coefficient (Wildman–Crippen LogP) is 13.3. The summed E-state index contributed by atoms with van der Waals surface area (Å²) in [4.78, 5) is 15.3. The third kappa shape index (κ3) is 5.69. The van der Waals surface area contributed by atoms with Crippen LogP contribution in [0.5, 0.6) is 0 Å². The summed E-state index contributed by atoms with van der Waals surface area (Å²) < 4.78 is 54.1. The topological polar surface area (TPSA) is 38.7 Å². The second-order valence-electron chi connectivity index (χ2n) is 13.1. The number of fused-ring (bicyclic) bond motifs is 3. The van der Waals surface area contributed by atoms with Crippen LogP contribution >= 0.6 is 0 Å². The fourth-order valence-electron chi connectivity index (χ4n) is 7.25. The molecule has 3 heteroatoms. The SMILES string of the molecule is [2H]c1c([2H])c([2H])c2c(-c3cccc(-c4nc(-c5ccc6ccccc6c5)nc(-c5cccc6c(-c7ccccc7)cccc56)n4)c3)c([2H])c([2H])c(-c3ccccc3)c2c1[2H]. The molecule has 1 aromatic heterocycles. The van der Waals surface area contributed by atoms with Crippen molar-refractivity contribution in [2.75, 3.05) is 0 Å². The Hall–Kier alpha value is -7.23. The molecular weight excluding hydrogens is 655 g/mol. The van der Waals surface area contributed by atoms with Crippen LogP contribution in [0.3, 0.4) is 0 Å². The number of hydrogen-bond acceptors (Lipinski definition) is 3. The van der Waals surface area contributed by atoms with Gasteiger partial charge in [0.25, 0.3) is 0 Å². The summed E-state index contributed by atoms with van der Waals surface area (Å²) in [5.74, 6) is 1.33. The summed E-state index contributed by atoms with van der Waals surface area (Å²) in [5.41, 5.74) is 6.05. The van der Waals surface area contributed by atoms with Gasteiger partial charge in [-0.1, -0.05) is 188 Å². The number of aromatic nitrogens is 3. The number of rotatable bonds is 6. The maximum Gasteiger partial charge on any atom is 0.164 e. The minimum absolute atomic E-state index is 0.133. The van der Waals surface area contributed by atoms with Gasteiger partial charge in [0.05, 0.1) is 8.22 Å². The van der Waals surface area contributed by atoms with Crippen molar-refractivity contribution in [3.05, 3.63) is 200 Å². The van der Waals surface area contributed by atoms with Gasteiger partial charge in [-0.3, -0.25) is 0 Å². The first kappa shape index (κ1) is 25.7. The van der Waals surface area contributed by atoms with Crippen LogP contribution in [0.15, 0.2) is 200 Å². The lowest BCUT2D eigenvalue weighted by Gasteiger charge is -2.14. The van der Waals surface area contributed by atoms with E-state index in [0.29, 0.717) is 34.2 Å². The molecule has 0 radical (unpaired) electrons. The Labute approximate surface area is 322 Å². The van der Waals surface area contributed by atoms with Crippen molar-refractivity contribution < 1.29 is 8.22 Å². The summed E-state index contributed by atoms with van der Waals surface area (Å²) in [6.45, 7) is 0. The normalized spacial score (nSPS) is 12.9. The lowest BCUT2D eigenvalue weighted by Crippen LogP contribution is -2.01. The van der Waals surface area contributed by atoms with E-state index in [-0.39, 0.29) is 46.1 Å². The van der Waals surface area contributed by atoms with E-state index in [2.05, 4.69) is 54.6 Å². The average molecular weight is 694 g/mol. The van der Waals surface area contributed by atoms with Crippen LogP contribution in [0, 0.1) is 0 Å². The zero-order valence-corrected chi connectivity index (χ0v) is 28.9. The molecule has 0 aliphatic rings. The third-order valence-corrected chi connectivity index (χ3v) is 9.86. The van der Waals surface area contributed by atoms with E-state index in [9.17, 15) is 2.74 Å². The van der Waals surface area contributed by atoms with Gasteiger partial charge >= 0.3 is 0 Å². The van der Waals surface area contributed by atoms with Crippen LogP contribution in [0.4, 0.5) is 0 Å². The van der Waals surface area contributed by atoms with E-state index in [1.807, 2.05) is 91.0 Å². The first-order valence-corrected chi connectivity index (χ1v) is 17.8. The van der Waals surface area contributed by atoms with E-state index >= 15 is 0 Å². The van der Waals surface area contributed by atoms with Crippen LogP contribution < -0.4 is 0 Å². The van der Waals surface area contributed by atoms with Gasteiger partial charge in [-0.25, -0.2) is 15.0 Å². The van der Waals surface area contributed by atoms with Crippen LogP contribution in [-0.2, 0) is 0 Å². The van der Waals surface area contributed by atoms with Gasteiger partial charge in [-0.15, -0.1) is 0 Å². The summed E-state index contributed by atoms with van der Waals surface area (Å²) in [7, 11) is 0. The molecule has 54 heavy (non-hydrogen) atoms. The Kier molecular flexibility index (Phi) is 6.37. The van der Waals surface area contributed by atoms with Gasteiger partial charge in [0.1, 0.15) is 0 Å². The quantitative estimate of drug-likeness (QED) is 0.174. The van der Waals surface area contributed by atoms with E-state index in [0.717, 1.165) is 43.8 Å². The van der Waals surface area contributed by atoms with Crippen LogP contribution in [-0.4, -0.2) is 15.0 Å². The second-order valence-corrected chi connectivity index (χ2v) is 13.1.